The minimum atomic E-state index is -0.478. The first-order chi connectivity index (χ1) is 14.4. The third kappa shape index (κ3) is 5.22. The first-order valence-corrected chi connectivity index (χ1v) is 10.8. The van der Waals surface area contributed by atoms with E-state index >= 15 is 0 Å². The second-order valence-electron chi connectivity index (χ2n) is 6.58. The van der Waals surface area contributed by atoms with E-state index in [1.54, 1.807) is 41.3 Å². The molecule has 8 nitrogen and oxygen atoms in total. The van der Waals surface area contributed by atoms with Gasteiger partial charge in [-0.05, 0) is 50.2 Å². The van der Waals surface area contributed by atoms with Gasteiger partial charge >= 0.3 is 12.1 Å². The number of amides is 4. The van der Waals surface area contributed by atoms with Crippen LogP contribution in [0.15, 0.2) is 36.4 Å². The van der Waals surface area contributed by atoms with Crippen molar-refractivity contribution in [2.24, 2.45) is 0 Å². The molecular weight excluding hydrogens is 428 g/mol. The van der Waals surface area contributed by atoms with Crippen LogP contribution in [0, 0.1) is 0 Å². The summed E-state index contributed by atoms with van der Waals surface area (Å²) in [5.41, 5.74) is 1.29. The molecule has 30 heavy (non-hydrogen) atoms. The largest absolute Gasteiger partial charge is 0.442 e. The Morgan fingerprint density at radius 1 is 1.20 bits per heavy atom. The zero-order chi connectivity index (χ0) is 21.7. The number of thiophene rings is 1. The Balaban J connectivity index is 1.54. The molecule has 1 saturated heterocycles. The van der Waals surface area contributed by atoms with E-state index in [2.05, 4.69) is 10.6 Å². The molecule has 1 fully saturated rings. The standard InChI is InChI=1S/C20H23ClN4O4S/c1-3-24(4-2)19(27)23-13-5-7-14(8-6-13)25-12-15(29-20(25)28)11-22-18(26)16-9-10-17(21)30-16/h5-10,15H,3-4,11-12H2,1-2H3,(H,22,26)(H,23,27)/t15-/m0/s1. The molecule has 1 atom stereocenters. The van der Waals surface area contributed by atoms with Crippen molar-refractivity contribution in [2.75, 3.05) is 36.4 Å². The first-order valence-electron chi connectivity index (χ1n) is 9.59. The monoisotopic (exact) mass is 450 g/mol. The molecule has 1 aromatic carbocycles. The molecule has 0 unspecified atom stereocenters. The topological polar surface area (TPSA) is 91.0 Å². The lowest BCUT2D eigenvalue weighted by Gasteiger charge is -2.19. The van der Waals surface area contributed by atoms with E-state index in [-0.39, 0.29) is 18.5 Å². The van der Waals surface area contributed by atoms with E-state index in [9.17, 15) is 14.4 Å². The van der Waals surface area contributed by atoms with E-state index in [1.165, 1.54) is 16.2 Å². The molecule has 160 valence electrons. The minimum absolute atomic E-state index is 0.170. The number of nitrogens with one attached hydrogen (secondary N) is 2. The number of ether oxygens (including phenoxy) is 1. The maximum absolute atomic E-state index is 12.2. The molecule has 0 saturated carbocycles. The summed E-state index contributed by atoms with van der Waals surface area (Å²) >= 11 is 7.03. The number of benzene rings is 1. The second kappa shape index (κ2) is 9.82. The Morgan fingerprint density at radius 3 is 2.50 bits per heavy atom. The van der Waals surface area contributed by atoms with Crippen molar-refractivity contribution in [1.82, 2.24) is 10.2 Å². The van der Waals surface area contributed by atoms with Crippen molar-refractivity contribution in [2.45, 2.75) is 20.0 Å². The van der Waals surface area contributed by atoms with Crippen LogP contribution in [-0.2, 0) is 4.74 Å². The summed E-state index contributed by atoms with van der Waals surface area (Å²) in [4.78, 5) is 40.1. The Labute approximate surface area is 183 Å². The van der Waals surface area contributed by atoms with Crippen LogP contribution in [0.4, 0.5) is 21.0 Å². The van der Waals surface area contributed by atoms with E-state index < -0.39 is 12.2 Å². The quantitative estimate of drug-likeness (QED) is 0.666. The van der Waals surface area contributed by atoms with Crippen LogP contribution in [0.3, 0.4) is 0 Å². The smallest absolute Gasteiger partial charge is 0.414 e. The normalized spacial score (nSPS) is 15.6. The molecule has 0 bridgehead atoms. The highest BCUT2D eigenvalue weighted by Crippen LogP contribution is 2.24. The molecule has 2 aromatic rings. The lowest BCUT2D eigenvalue weighted by molar-refractivity contribution is 0.0920. The van der Waals surface area contributed by atoms with Crippen molar-refractivity contribution < 1.29 is 19.1 Å². The SMILES string of the molecule is CCN(CC)C(=O)Nc1ccc(N2C[C@H](CNC(=O)c3ccc(Cl)s3)OC2=O)cc1. The summed E-state index contributed by atoms with van der Waals surface area (Å²) in [6.45, 7) is 5.60. The number of anilines is 2. The molecule has 2 N–H and O–H groups in total. The minimum Gasteiger partial charge on any atom is -0.442 e. The van der Waals surface area contributed by atoms with Crippen LogP contribution < -0.4 is 15.5 Å². The van der Waals surface area contributed by atoms with Gasteiger partial charge in [0.05, 0.1) is 22.3 Å². The Kier molecular flexibility index (Phi) is 7.17. The zero-order valence-electron chi connectivity index (χ0n) is 16.7. The Morgan fingerprint density at radius 2 is 1.90 bits per heavy atom. The summed E-state index contributed by atoms with van der Waals surface area (Å²) in [5.74, 6) is -0.255. The van der Waals surface area contributed by atoms with Crippen LogP contribution in [0.25, 0.3) is 0 Å². The van der Waals surface area contributed by atoms with Gasteiger partial charge in [-0.3, -0.25) is 9.69 Å². The van der Waals surface area contributed by atoms with Crippen molar-refractivity contribution in [1.29, 1.82) is 0 Å². The number of hydrogen-bond donors (Lipinski definition) is 2. The van der Waals surface area contributed by atoms with Gasteiger partial charge in [0.1, 0.15) is 6.10 Å². The molecule has 1 aliphatic rings. The van der Waals surface area contributed by atoms with Crippen LogP contribution in [-0.4, -0.2) is 55.2 Å². The van der Waals surface area contributed by atoms with Crippen LogP contribution >= 0.6 is 22.9 Å². The predicted molar refractivity (Wildman–Crippen MR) is 118 cm³/mol. The number of urea groups is 1. The fourth-order valence-corrected chi connectivity index (χ4v) is 3.97. The molecule has 4 amide bonds. The molecule has 0 radical (unpaired) electrons. The molecule has 3 rings (SSSR count). The third-order valence-corrected chi connectivity index (χ3v) is 5.87. The van der Waals surface area contributed by atoms with Gasteiger partial charge in [0, 0.05) is 24.5 Å². The Hall–Kier alpha value is -2.78. The summed E-state index contributed by atoms with van der Waals surface area (Å²) in [6.07, 6.45) is -0.938. The number of nitrogens with zero attached hydrogens (tertiary/aromatic N) is 2. The highest BCUT2D eigenvalue weighted by Gasteiger charge is 2.32. The van der Waals surface area contributed by atoms with Crippen LogP contribution in [0.5, 0.6) is 0 Å². The second-order valence-corrected chi connectivity index (χ2v) is 8.29. The van der Waals surface area contributed by atoms with Gasteiger partial charge < -0.3 is 20.3 Å². The van der Waals surface area contributed by atoms with E-state index in [0.717, 1.165) is 0 Å². The number of halogens is 1. The Bertz CT molecular complexity index is 914. The van der Waals surface area contributed by atoms with Gasteiger partial charge in [-0.2, -0.15) is 0 Å². The van der Waals surface area contributed by atoms with Crippen molar-refractivity contribution in [3.63, 3.8) is 0 Å². The van der Waals surface area contributed by atoms with Gasteiger partial charge in [-0.15, -0.1) is 11.3 Å². The molecule has 2 heterocycles. The number of cyclic esters (lactones) is 1. The van der Waals surface area contributed by atoms with Gasteiger partial charge in [-0.25, -0.2) is 9.59 Å². The molecule has 1 aliphatic heterocycles. The van der Waals surface area contributed by atoms with Crippen LogP contribution in [0.2, 0.25) is 4.34 Å². The highest BCUT2D eigenvalue weighted by molar-refractivity contribution is 7.18. The molecule has 0 spiro atoms. The highest BCUT2D eigenvalue weighted by atomic mass is 35.5. The molecule has 0 aliphatic carbocycles. The number of rotatable bonds is 7. The summed E-state index contributed by atoms with van der Waals surface area (Å²) in [5, 5.41) is 5.58. The average molecular weight is 451 g/mol. The summed E-state index contributed by atoms with van der Waals surface area (Å²) in [6, 6.07) is 10.1. The summed E-state index contributed by atoms with van der Waals surface area (Å²) < 4.78 is 5.89. The first kappa shape index (κ1) is 21.9. The maximum Gasteiger partial charge on any atom is 0.414 e. The van der Waals surface area contributed by atoms with Gasteiger partial charge in [-0.1, -0.05) is 11.6 Å². The number of carbonyl (C=O) groups is 3. The zero-order valence-corrected chi connectivity index (χ0v) is 18.3. The van der Waals surface area contributed by atoms with E-state index in [1.807, 2.05) is 13.8 Å². The summed E-state index contributed by atoms with van der Waals surface area (Å²) in [7, 11) is 0. The molecule has 1 aromatic heterocycles. The maximum atomic E-state index is 12.2. The van der Waals surface area contributed by atoms with Crippen molar-refractivity contribution in [3.05, 3.63) is 45.6 Å². The lowest BCUT2D eigenvalue weighted by Crippen LogP contribution is -2.34. The van der Waals surface area contributed by atoms with Crippen molar-refractivity contribution in [3.8, 4) is 0 Å². The van der Waals surface area contributed by atoms with Crippen molar-refractivity contribution >= 4 is 52.3 Å². The van der Waals surface area contributed by atoms with E-state index in [4.69, 9.17) is 16.3 Å². The average Bonchev–Trinajstić information content (AvgIpc) is 3.33. The van der Waals surface area contributed by atoms with Gasteiger partial charge in [0.15, 0.2) is 0 Å². The number of hydrogen-bond acceptors (Lipinski definition) is 5. The third-order valence-electron chi connectivity index (χ3n) is 4.64. The fourth-order valence-electron chi connectivity index (χ4n) is 3.01. The predicted octanol–water partition coefficient (Wildman–Crippen LogP) is 4.03. The fraction of sp³-hybridized carbons (Fsp3) is 0.350. The van der Waals surface area contributed by atoms with Crippen LogP contribution in [0.1, 0.15) is 23.5 Å². The molecular formula is C20H23ClN4O4S. The lowest BCUT2D eigenvalue weighted by atomic mass is 10.2. The van der Waals surface area contributed by atoms with Gasteiger partial charge in [0.25, 0.3) is 5.91 Å². The van der Waals surface area contributed by atoms with E-state index in [0.29, 0.717) is 40.2 Å². The van der Waals surface area contributed by atoms with Gasteiger partial charge in [0.2, 0.25) is 0 Å². The number of carbonyl (C=O) groups excluding carboxylic acids is 3. The molecule has 10 heteroatoms.